The molecule has 48 heavy (non-hydrogen) atoms. The molecular formula is C48H32. The van der Waals surface area contributed by atoms with Crippen LogP contribution in [0.2, 0.25) is 0 Å². The molecule has 0 heteroatoms. The van der Waals surface area contributed by atoms with Crippen LogP contribution in [0.4, 0.5) is 0 Å². The third-order valence-corrected chi connectivity index (χ3v) is 9.60. The molecule has 0 atom stereocenters. The van der Waals surface area contributed by atoms with Crippen LogP contribution >= 0.6 is 0 Å². The molecule has 0 aliphatic carbocycles. The predicted molar refractivity (Wildman–Crippen MR) is 206 cm³/mol. The van der Waals surface area contributed by atoms with E-state index in [4.69, 9.17) is 0 Å². The van der Waals surface area contributed by atoms with Crippen molar-refractivity contribution in [2.75, 3.05) is 0 Å². The summed E-state index contributed by atoms with van der Waals surface area (Å²) in [5, 5.41) is 7.50. The Kier molecular flexibility index (Phi) is 6.91. The normalized spacial score (nSPS) is 11.3. The fourth-order valence-corrected chi connectivity index (χ4v) is 7.11. The molecule has 9 rings (SSSR count). The zero-order valence-corrected chi connectivity index (χ0v) is 26.5. The monoisotopic (exact) mass is 608 g/mol. The summed E-state index contributed by atoms with van der Waals surface area (Å²) in [5.41, 5.74) is 12.3. The molecule has 0 aromatic heterocycles. The first-order valence-electron chi connectivity index (χ1n) is 16.6. The van der Waals surface area contributed by atoms with Gasteiger partial charge in [-0.25, -0.2) is 0 Å². The van der Waals surface area contributed by atoms with Gasteiger partial charge in [0.1, 0.15) is 0 Å². The largest absolute Gasteiger partial charge is 0.0622 e. The highest BCUT2D eigenvalue weighted by atomic mass is 14.2. The van der Waals surface area contributed by atoms with Crippen LogP contribution in [0.3, 0.4) is 0 Å². The first kappa shape index (κ1) is 28.0. The Balaban J connectivity index is 1.27. The van der Waals surface area contributed by atoms with E-state index >= 15 is 0 Å². The number of hydrogen-bond acceptors (Lipinski definition) is 0. The van der Waals surface area contributed by atoms with Gasteiger partial charge in [0.25, 0.3) is 0 Å². The molecular weight excluding hydrogens is 577 g/mol. The van der Waals surface area contributed by atoms with Crippen molar-refractivity contribution in [2.45, 2.75) is 0 Å². The van der Waals surface area contributed by atoms with Gasteiger partial charge in [0.05, 0.1) is 0 Å². The Labute approximate surface area is 281 Å². The summed E-state index contributed by atoms with van der Waals surface area (Å²) in [6.45, 7) is 0. The average molecular weight is 609 g/mol. The predicted octanol–water partition coefficient (Wildman–Crippen LogP) is 13.5. The van der Waals surface area contributed by atoms with Crippen LogP contribution in [0.15, 0.2) is 194 Å². The minimum absolute atomic E-state index is 1.21. The molecule has 0 saturated carbocycles. The van der Waals surface area contributed by atoms with E-state index in [0.29, 0.717) is 0 Å². The van der Waals surface area contributed by atoms with E-state index in [0.717, 1.165) is 0 Å². The first-order chi connectivity index (χ1) is 23.8. The Morgan fingerprint density at radius 1 is 0.188 bits per heavy atom. The fourth-order valence-electron chi connectivity index (χ4n) is 7.11. The lowest BCUT2D eigenvalue weighted by molar-refractivity contribution is 1.60. The minimum atomic E-state index is 1.21. The molecule has 0 aliphatic heterocycles. The van der Waals surface area contributed by atoms with E-state index in [1.165, 1.54) is 88.0 Å². The van der Waals surface area contributed by atoms with Crippen molar-refractivity contribution in [3.8, 4) is 55.6 Å². The molecule has 0 fully saturated rings. The Bertz CT molecular complexity index is 2580. The number of fused-ring (bicyclic) bond motifs is 3. The number of hydrogen-bond donors (Lipinski definition) is 0. The van der Waals surface area contributed by atoms with Crippen LogP contribution in [-0.4, -0.2) is 0 Å². The van der Waals surface area contributed by atoms with E-state index in [9.17, 15) is 0 Å². The SMILES string of the molecule is c1ccc(-c2ccc3cc(-c4cc(-c5ccccc5)c5cc(-c6ccc7ccccc7c6)cc(-c6ccccc6)c5c4)ccc3c2)cc1. The molecule has 9 aromatic carbocycles. The minimum Gasteiger partial charge on any atom is -0.0622 e. The Morgan fingerprint density at radius 3 is 1.02 bits per heavy atom. The maximum atomic E-state index is 2.40. The summed E-state index contributed by atoms with van der Waals surface area (Å²) >= 11 is 0. The van der Waals surface area contributed by atoms with Gasteiger partial charge in [-0.15, -0.1) is 0 Å². The van der Waals surface area contributed by atoms with Gasteiger partial charge in [0, 0.05) is 0 Å². The standard InChI is InChI=1S/C48H32/c1-4-12-33(13-5-1)38-22-23-40-28-42(25-24-39(40)27-38)44-30-46(36-17-8-3-9-18-36)47-31-43(41-21-20-34-14-10-11-19-37(34)26-41)29-45(48(47)32-44)35-15-6-2-7-16-35/h1-32H. The quantitative estimate of drug-likeness (QED) is 0.182. The van der Waals surface area contributed by atoms with Crippen LogP contribution in [0.5, 0.6) is 0 Å². The maximum Gasteiger partial charge on any atom is -0.00926 e. The highest BCUT2D eigenvalue weighted by molar-refractivity contribution is 6.09. The van der Waals surface area contributed by atoms with Crippen molar-refractivity contribution in [2.24, 2.45) is 0 Å². The highest BCUT2D eigenvalue weighted by Gasteiger charge is 2.15. The summed E-state index contributed by atoms with van der Waals surface area (Å²) in [6, 6.07) is 70.9. The third-order valence-electron chi connectivity index (χ3n) is 9.60. The van der Waals surface area contributed by atoms with E-state index in [2.05, 4.69) is 194 Å². The van der Waals surface area contributed by atoms with Crippen molar-refractivity contribution >= 4 is 32.3 Å². The lowest BCUT2D eigenvalue weighted by Crippen LogP contribution is -1.91. The van der Waals surface area contributed by atoms with Crippen LogP contribution in [0, 0.1) is 0 Å². The van der Waals surface area contributed by atoms with E-state index in [1.807, 2.05) is 0 Å². The van der Waals surface area contributed by atoms with E-state index < -0.39 is 0 Å². The van der Waals surface area contributed by atoms with Crippen LogP contribution in [-0.2, 0) is 0 Å². The van der Waals surface area contributed by atoms with Gasteiger partial charge in [-0.3, -0.25) is 0 Å². The molecule has 224 valence electrons. The van der Waals surface area contributed by atoms with Crippen molar-refractivity contribution in [1.82, 2.24) is 0 Å². The number of rotatable bonds is 5. The van der Waals surface area contributed by atoms with Crippen molar-refractivity contribution in [1.29, 1.82) is 0 Å². The van der Waals surface area contributed by atoms with Gasteiger partial charge in [-0.2, -0.15) is 0 Å². The van der Waals surface area contributed by atoms with E-state index in [1.54, 1.807) is 0 Å². The fraction of sp³-hybridized carbons (Fsp3) is 0. The molecule has 0 spiro atoms. The lowest BCUT2D eigenvalue weighted by Gasteiger charge is -2.17. The second-order valence-corrected chi connectivity index (χ2v) is 12.6. The van der Waals surface area contributed by atoms with Crippen molar-refractivity contribution < 1.29 is 0 Å². The zero-order chi connectivity index (χ0) is 31.9. The molecule has 0 nitrogen and oxygen atoms in total. The summed E-state index contributed by atoms with van der Waals surface area (Å²) in [7, 11) is 0. The lowest BCUT2D eigenvalue weighted by atomic mass is 9.86. The van der Waals surface area contributed by atoms with Gasteiger partial charge < -0.3 is 0 Å². The van der Waals surface area contributed by atoms with Crippen LogP contribution < -0.4 is 0 Å². The first-order valence-corrected chi connectivity index (χ1v) is 16.6. The second kappa shape index (κ2) is 11.8. The van der Waals surface area contributed by atoms with E-state index in [-0.39, 0.29) is 0 Å². The molecule has 0 amide bonds. The molecule has 0 bridgehead atoms. The molecule has 0 heterocycles. The molecule has 0 N–H and O–H groups in total. The number of benzene rings is 9. The Morgan fingerprint density at radius 2 is 0.542 bits per heavy atom. The average Bonchev–Trinajstić information content (AvgIpc) is 3.17. The van der Waals surface area contributed by atoms with Crippen molar-refractivity contribution in [3.63, 3.8) is 0 Å². The molecule has 9 aromatic rings. The zero-order valence-electron chi connectivity index (χ0n) is 26.5. The van der Waals surface area contributed by atoms with Crippen molar-refractivity contribution in [3.05, 3.63) is 194 Å². The molecule has 0 radical (unpaired) electrons. The smallest absolute Gasteiger partial charge is 0.00926 e. The van der Waals surface area contributed by atoms with Gasteiger partial charge in [0.15, 0.2) is 0 Å². The van der Waals surface area contributed by atoms with Gasteiger partial charge in [-0.1, -0.05) is 152 Å². The molecule has 0 saturated heterocycles. The third kappa shape index (κ3) is 5.14. The van der Waals surface area contributed by atoms with Crippen LogP contribution in [0.25, 0.3) is 88.0 Å². The maximum absolute atomic E-state index is 2.40. The summed E-state index contributed by atoms with van der Waals surface area (Å²) in [5.74, 6) is 0. The summed E-state index contributed by atoms with van der Waals surface area (Å²) < 4.78 is 0. The second-order valence-electron chi connectivity index (χ2n) is 12.6. The molecule has 0 aliphatic rings. The summed E-state index contributed by atoms with van der Waals surface area (Å²) in [6.07, 6.45) is 0. The highest BCUT2D eigenvalue weighted by Crippen LogP contribution is 2.42. The van der Waals surface area contributed by atoms with Gasteiger partial charge >= 0.3 is 0 Å². The topological polar surface area (TPSA) is 0 Å². The van der Waals surface area contributed by atoms with Gasteiger partial charge in [0.2, 0.25) is 0 Å². The Hall–Kier alpha value is -6.24. The molecule has 0 unspecified atom stereocenters. The van der Waals surface area contributed by atoms with Gasteiger partial charge in [-0.05, 0) is 130 Å². The van der Waals surface area contributed by atoms with Crippen LogP contribution in [0.1, 0.15) is 0 Å². The summed E-state index contributed by atoms with van der Waals surface area (Å²) in [4.78, 5) is 0.